The molecule has 0 aliphatic heterocycles. The number of thiophene rings is 1. The van der Waals surface area contributed by atoms with Crippen LogP contribution in [0.1, 0.15) is 10.9 Å². The normalized spacial score (nSPS) is 15.2. The first-order chi connectivity index (χ1) is 7.07. The molecule has 0 saturated carbocycles. The molecule has 0 aliphatic carbocycles. The van der Waals surface area contributed by atoms with Gasteiger partial charge in [0, 0.05) is 9.35 Å². The predicted octanol–water partition coefficient (Wildman–Crippen LogP) is 4.47. The van der Waals surface area contributed by atoms with E-state index in [1.807, 2.05) is 0 Å². The van der Waals surface area contributed by atoms with Gasteiger partial charge in [-0.25, -0.2) is 0 Å². The van der Waals surface area contributed by atoms with Gasteiger partial charge in [-0.15, -0.1) is 11.3 Å². The molecule has 0 fully saturated rings. The Kier molecular flexibility index (Phi) is 4.04. The van der Waals surface area contributed by atoms with E-state index >= 15 is 0 Å². The summed E-state index contributed by atoms with van der Waals surface area (Å²) in [5, 5.41) is 0. The second-order valence-electron chi connectivity index (χ2n) is 2.87. The molecule has 92 valence electrons. The van der Waals surface area contributed by atoms with E-state index < -0.39 is 18.1 Å². The van der Waals surface area contributed by atoms with Crippen molar-refractivity contribution in [1.82, 2.24) is 0 Å². The van der Waals surface area contributed by atoms with Crippen molar-refractivity contribution < 1.29 is 22.0 Å². The molecule has 9 heteroatoms. The fourth-order valence-corrected chi connectivity index (χ4v) is 3.00. The van der Waals surface area contributed by atoms with Crippen LogP contribution < -0.4 is 5.73 Å². The Balaban J connectivity index is 3.07. The fraction of sp³-hybridized carbons (Fsp3) is 0.429. The van der Waals surface area contributed by atoms with Crippen molar-refractivity contribution in [1.29, 1.82) is 0 Å². The Bertz CT molecular complexity index is 369. The van der Waals surface area contributed by atoms with Gasteiger partial charge in [0.15, 0.2) is 0 Å². The summed E-state index contributed by atoms with van der Waals surface area (Å²) >= 11 is 6.71. The van der Waals surface area contributed by atoms with E-state index in [-0.39, 0.29) is 4.88 Å². The highest BCUT2D eigenvalue weighted by atomic mass is 79.9. The van der Waals surface area contributed by atoms with E-state index in [0.29, 0.717) is 8.26 Å². The maximum absolute atomic E-state index is 12.9. The smallest absolute Gasteiger partial charge is 0.318 e. The number of hydrogen-bond acceptors (Lipinski definition) is 2. The van der Waals surface area contributed by atoms with Crippen molar-refractivity contribution in [2.24, 2.45) is 5.73 Å². The first-order valence-electron chi connectivity index (χ1n) is 3.72. The van der Waals surface area contributed by atoms with Crippen LogP contribution in [0.2, 0.25) is 0 Å². The van der Waals surface area contributed by atoms with E-state index in [0.717, 1.165) is 17.4 Å². The minimum absolute atomic E-state index is 0.249. The van der Waals surface area contributed by atoms with E-state index in [1.54, 1.807) is 0 Å². The van der Waals surface area contributed by atoms with E-state index in [9.17, 15) is 22.0 Å². The lowest BCUT2D eigenvalue weighted by Gasteiger charge is -2.24. The second-order valence-corrected chi connectivity index (χ2v) is 6.12. The standard InChI is InChI=1S/C7H4Br2F5NS/c8-2-1-3(16-5(2)9)4(15)6(10,11)7(12,13)14/h1,4H,15H2/t4-/m1/s1. The van der Waals surface area contributed by atoms with Gasteiger partial charge in [-0.2, -0.15) is 22.0 Å². The Hall–Kier alpha value is 0.270. The largest absolute Gasteiger partial charge is 0.455 e. The molecule has 0 amide bonds. The molecule has 1 rings (SSSR count). The molecule has 0 bridgehead atoms. The van der Waals surface area contributed by atoms with Gasteiger partial charge in [-0.05, 0) is 37.9 Å². The maximum atomic E-state index is 12.9. The van der Waals surface area contributed by atoms with Crippen LogP contribution in [-0.2, 0) is 0 Å². The molecule has 1 aromatic heterocycles. The minimum Gasteiger partial charge on any atom is -0.318 e. The van der Waals surface area contributed by atoms with Crippen molar-refractivity contribution in [3.8, 4) is 0 Å². The molecule has 0 saturated heterocycles. The van der Waals surface area contributed by atoms with Crippen LogP contribution in [0.3, 0.4) is 0 Å². The number of rotatable bonds is 2. The van der Waals surface area contributed by atoms with Crippen molar-refractivity contribution in [3.05, 3.63) is 19.2 Å². The van der Waals surface area contributed by atoms with Gasteiger partial charge in [0.05, 0.1) is 3.79 Å². The van der Waals surface area contributed by atoms with E-state index in [1.165, 1.54) is 0 Å². The highest BCUT2D eigenvalue weighted by Crippen LogP contribution is 2.46. The van der Waals surface area contributed by atoms with Crippen molar-refractivity contribution in [3.63, 3.8) is 0 Å². The lowest BCUT2D eigenvalue weighted by molar-refractivity contribution is -0.290. The molecule has 1 atom stereocenters. The summed E-state index contributed by atoms with van der Waals surface area (Å²) < 4.78 is 62.6. The summed E-state index contributed by atoms with van der Waals surface area (Å²) in [6.07, 6.45) is -5.66. The third-order valence-electron chi connectivity index (χ3n) is 1.74. The molecule has 0 aliphatic rings. The quantitative estimate of drug-likeness (QED) is 0.743. The van der Waals surface area contributed by atoms with Crippen molar-refractivity contribution >= 4 is 43.2 Å². The zero-order valence-electron chi connectivity index (χ0n) is 7.29. The van der Waals surface area contributed by atoms with Crippen LogP contribution in [-0.4, -0.2) is 12.1 Å². The molecule has 2 N–H and O–H groups in total. The van der Waals surface area contributed by atoms with Gasteiger partial charge in [-0.3, -0.25) is 0 Å². The van der Waals surface area contributed by atoms with Crippen LogP contribution in [0.5, 0.6) is 0 Å². The molecule has 1 nitrogen and oxygen atoms in total. The topological polar surface area (TPSA) is 26.0 Å². The summed E-state index contributed by atoms with van der Waals surface area (Å²) in [6.45, 7) is 0. The molecule has 0 spiro atoms. The monoisotopic (exact) mass is 387 g/mol. The van der Waals surface area contributed by atoms with Gasteiger partial charge in [0.2, 0.25) is 0 Å². The van der Waals surface area contributed by atoms with Gasteiger partial charge < -0.3 is 5.73 Å². The number of halogens is 7. The van der Waals surface area contributed by atoms with Crippen molar-refractivity contribution in [2.45, 2.75) is 18.1 Å². The second kappa shape index (κ2) is 4.51. The van der Waals surface area contributed by atoms with Crippen LogP contribution >= 0.6 is 43.2 Å². The van der Waals surface area contributed by atoms with E-state index in [4.69, 9.17) is 5.73 Å². The zero-order valence-corrected chi connectivity index (χ0v) is 11.3. The Morgan fingerprint density at radius 1 is 1.19 bits per heavy atom. The molecular formula is C7H4Br2F5NS. The molecule has 0 radical (unpaired) electrons. The van der Waals surface area contributed by atoms with Crippen LogP contribution in [0.25, 0.3) is 0 Å². The Morgan fingerprint density at radius 3 is 2.00 bits per heavy atom. The summed E-state index contributed by atoms with van der Waals surface area (Å²) in [4.78, 5) is -0.249. The predicted molar refractivity (Wildman–Crippen MR) is 57.6 cm³/mol. The highest BCUT2D eigenvalue weighted by molar-refractivity contribution is 9.13. The molecule has 1 heterocycles. The summed E-state index contributed by atoms with van der Waals surface area (Å²) in [7, 11) is 0. The van der Waals surface area contributed by atoms with Crippen molar-refractivity contribution in [2.75, 3.05) is 0 Å². The first kappa shape index (κ1) is 14.3. The van der Waals surface area contributed by atoms with E-state index in [2.05, 4.69) is 31.9 Å². The Morgan fingerprint density at radius 2 is 1.69 bits per heavy atom. The molecule has 16 heavy (non-hydrogen) atoms. The molecule has 0 unspecified atom stereocenters. The SMILES string of the molecule is N[C@H](c1cc(Br)c(Br)s1)C(F)(F)C(F)(F)F. The number of alkyl halides is 5. The van der Waals surface area contributed by atoms with Gasteiger partial charge in [-0.1, -0.05) is 0 Å². The van der Waals surface area contributed by atoms with Crippen LogP contribution in [0, 0.1) is 0 Å². The molecule has 0 aromatic carbocycles. The highest BCUT2D eigenvalue weighted by Gasteiger charge is 2.62. The number of hydrogen-bond donors (Lipinski definition) is 1. The maximum Gasteiger partial charge on any atom is 0.455 e. The van der Waals surface area contributed by atoms with Gasteiger partial charge >= 0.3 is 12.1 Å². The third kappa shape index (κ3) is 2.57. The summed E-state index contributed by atoms with van der Waals surface area (Å²) in [5.74, 6) is -4.95. The molecule has 1 aromatic rings. The average molecular weight is 389 g/mol. The minimum atomic E-state index is -5.66. The van der Waals surface area contributed by atoms with Gasteiger partial charge in [0.25, 0.3) is 0 Å². The van der Waals surface area contributed by atoms with Crippen LogP contribution in [0.15, 0.2) is 14.3 Å². The zero-order chi connectivity index (χ0) is 12.7. The third-order valence-corrected chi connectivity index (χ3v) is 5.08. The van der Waals surface area contributed by atoms with Gasteiger partial charge in [0.1, 0.15) is 6.04 Å². The summed E-state index contributed by atoms with van der Waals surface area (Å²) in [6, 6.07) is -1.26. The molecular weight excluding hydrogens is 385 g/mol. The summed E-state index contributed by atoms with van der Waals surface area (Å²) in [5.41, 5.74) is 4.94. The fourth-order valence-electron chi connectivity index (χ4n) is 0.872. The average Bonchev–Trinajstić information content (AvgIpc) is 2.43. The first-order valence-corrected chi connectivity index (χ1v) is 6.12. The number of nitrogens with two attached hydrogens (primary N) is 1. The van der Waals surface area contributed by atoms with Crippen LogP contribution in [0.4, 0.5) is 22.0 Å². The lowest BCUT2D eigenvalue weighted by atomic mass is 10.1. The Labute approximate surface area is 108 Å². The lowest BCUT2D eigenvalue weighted by Crippen LogP contribution is -2.45.